The van der Waals surface area contributed by atoms with Gasteiger partial charge in [-0.15, -0.1) is 0 Å². The molecule has 1 aromatic heterocycles. The van der Waals surface area contributed by atoms with E-state index in [2.05, 4.69) is 10.5 Å². The van der Waals surface area contributed by atoms with Crippen molar-refractivity contribution in [3.05, 3.63) is 95.4 Å². The van der Waals surface area contributed by atoms with E-state index in [1.54, 1.807) is 42.5 Å². The molecule has 7 heteroatoms. The third-order valence-electron chi connectivity index (χ3n) is 4.03. The van der Waals surface area contributed by atoms with Crippen molar-refractivity contribution in [2.24, 2.45) is 0 Å². The number of nitrogens with zero attached hydrogens (tertiary/aromatic N) is 1. The van der Waals surface area contributed by atoms with Crippen LogP contribution in [0.4, 0.5) is 10.1 Å². The number of aromatic nitrogens is 1. The number of carbonyl (C=O) groups is 1. The van der Waals surface area contributed by atoms with Crippen LogP contribution in [0, 0.1) is 5.82 Å². The topological polar surface area (TPSA) is 64.4 Å². The molecule has 4 rings (SSSR count). The third kappa shape index (κ3) is 4.44. The second-order valence-corrected chi connectivity index (χ2v) is 6.53. The number of anilines is 1. The normalized spacial score (nSPS) is 10.6. The maximum absolute atomic E-state index is 13.1. The van der Waals surface area contributed by atoms with Crippen molar-refractivity contribution < 1.29 is 18.4 Å². The Morgan fingerprint density at radius 1 is 1.00 bits per heavy atom. The summed E-state index contributed by atoms with van der Waals surface area (Å²) in [5.41, 5.74) is 1.06. The highest BCUT2D eigenvalue weighted by Crippen LogP contribution is 2.32. The van der Waals surface area contributed by atoms with E-state index >= 15 is 0 Å². The molecule has 0 unspecified atom stereocenters. The fourth-order valence-corrected chi connectivity index (χ4v) is 2.80. The van der Waals surface area contributed by atoms with Crippen LogP contribution in [0.15, 0.2) is 83.4 Å². The van der Waals surface area contributed by atoms with Crippen LogP contribution in [0.3, 0.4) is 0 Å². The number of nitrogens with one attached hydrogen (secondary N) is 1. The van der Waals surface area contributed by atoms with Gasteiger partial charge in [0.15, 0.2) is 17.2 Å². The lowest BCUT2D eigenvalue weighted by molar-refractivity contribution is 0.101. The predicted octanol–water partition coefficient (Wildman–Crippen LogP) is 6.18. The molecular formula is C22H14ClFN2O3. The van der Waals surface area contributed by atoms with E-state index in [1.807, 2.05) is 18.2 Å². The summed E-state index contributed by atoms with van der Waals surface area (Å²) >= 11 is 6.07. The van der Waals surface area contributed by atoms with E-state index in [1.165, 1.54) is 18.2 Å². The molecule has 1 heterocycles. The molecule has 1 N–H and O–H groups in total. The minimum atomic E-state index is -0.498. The van der Waals surface area contributed by atoms with Crippen molar-refractivity contribution in [3.63, 3.8) is 0 Å². The van der Waals surface area contributed by atoms with E-state index in [4.69, 9.17) is 20.9 Å². The summed E-state index contributed by atoms with van der Waals surface area (Å²) in [6.45, 7) is 0. The zero-order valence-electron chi connectivity index (χ0n) is 14.9. The first kappa shape index (κ1) is 18.7. The average Bonchev–Trinajstić information content (AvgIpc) is 3.22. The lowest BCUT2D eigenvalue weighted by atomic mass is 10.1. The van der Waals surface area contributed by atoms with Crippen LogP contribution in [-0.2, 0) is 0 Å². The Morgan fingerprint density at radius 3 is 2.52 bits per heavy atom. The molecule has 0 aliphatic heterocycles. The van der Waals surface area contributed by atoms with Crippen LogP contribution in [0.1, 0.15) is 10.5 Å². The molecule has 0 radical (unpaired) electrons. The van der Waals surface area contributed by atoms with Crippen LogP contribution in [-0.4, -0.2) is 11.1 Å². The first-order valence-corrected chi connectivity index (χ1v) is 9.03. The molecule has 0 saturated heterocycles. The molecule has 29 heavy (non-hydrogen) atoms. The first-order chi connectivity index (χ1) is 14.1. The van der Waals surface area contributed by atoms with Crippen molar-refractivity contribution in [1.82, 2.24) is 5.16 Å². The van der Waals surface area contributed by atoms with Gasteiger partial charge in [0.05, 0.1) is 5.69 Å². The second kappa shape index (κ2) is 8.16. The van der Waals surface area contributed by atoms with Gasteiger partial charge in [0.25, 0.3) is 5.91 Å². The molecule has 0 atom stereocenters. The lowest BCUT2D eigenvalue weighted by Gasteiger charge is -2.12. The summed E-state index contributed by atoms with van der Waals surface area (Å²) in [5.74, 6) is 0.531. The van der Waals surface area contributed by atoms with Crippen molar-refractivity contribution in [2.45, 2.75) is 0 Å². The molecule has 5 nitrogen and oxygen atoms in total. The highest BCUT2D eigenvalue weighted by atomic mass is 35.5. The van der Waals surface area contributed by atoms with Crippen molar-refractivity contribution in [3.8, 4) is 22.8 Å². The Balaban J connectivity index is 1.55. The number of ether oxygens (including phenoxy) is 1. The van der Waals surface area contributed by atoms with Gasteiger partial charge in [-0.05, 0) is 54.6 Å². The first-order valence-electron chi connectivity index (χ1n) is 8.65. The Kier molecular flexibility index (Phi) is 5.27. The van der Waals surface area contributed by atoms with Gasteiger partial charge in [-0.25, -0.2) is 4.39 Å². The van der Waals surface area contributed by atoms with Crippen LogP contribution >= 0.6 is 11.6 Å². The van der Waals surface area contributed by atoms with Crippen LogP contribution in [0.2, 0.25) is 5.02 Å². The summed E-state index contributed by atoms with van der Waals surface area (Å²) < 4.78 is 24.1. The predicted molar refractivity (Wildman–Crippen MR) is 108 cm³/mol. The van der Waals surface area contributed by atoms with Gasteiger partial charge in [0.1, 0.15) is 11.6 Å². The van der Waals surface area contributed by atoms with Gasteiger partial charge < -0.3 is 14.6 Å². The molecular weight excluding hydrogens is 395 g/mol. The van der Waals surface area contributed by atoms with E-state index in [0.29, 0.717) is 33.5 Å². The van der Waals surface area contributed by atoms with Crippen LogP contribution < -0.4 is 10.1 Å². The monoisotopic (exact) mass is 408 g/mol. The van der Waals surface area contributed by atoms with E-state index in [9.17, 15) is 9.18 Å². The summed E-state index contributed by atoms with van der Waals surface area (Å²) in [5, 5.41) is 6.96. The van der Waals surface area contributed by atoms with Gasteiger partial charge in [-0.2, -0.15) is 0 Å². The standard InChI is InChI=1S/C22H14ClFN2O3/c23-15-8-11-20(28-17-4-2-1-3-5-17)18(12-15)25-22(27)19-13-21(29-26-19)14-6-9-16(24)10-7-14/h1-13H,(H,25,27). The van der Waals surface area contributed by atoms with Gasteiger partial charge in [0, 0.05) is 16.7 Å². The summed E-state index contributed by atoms with van der Waals surface area (Å²) in [4.78, 5) is 12.6. The lowest BCUT2D eigenvalue weighted by Crippen LogP contribution is -2.12. The zero-order chi connectivity index (χ0) is 20.2. The Morgan fingerprint density at radius 2 is 1.76 bits per heavy atom. The minimum absolute atomic E-state index is 0.0648. The Hall–Kier alpha value is -3.64. The molecule has 0 aliphatic carbocycles. The zero-order valence-corrected chi connectivity index (χ0v) is 15.7. The maximum atomic E-state index is 13.1. The number of hydrogen-bond donors (Lipinski definition) is 1. The number of benzene rings is 3. The van der Waals surface area contributed by atoms with Crippen molar-refractivity contribution in [2.75, 3.05) is 5.32 Å². The number of hydrogen-bond acceptors (Lipinski definition) is 4. The summed E-state index contributed by atoms with van der Waals surface area (Å²) in [6, 6.07) is 21.2. The summed E-state index contributed by atoms with van der Waals surface area (Å²) in [7, 11) is 0. The molecule has 0 fully saturated rings. The molecule has 0 aliphatic rings. The van der Waals surface area contributed by atoms with Crippen molar-refractivity contribution >= 4 is 23.2 Å². The molecule has 1 amide bonds. The molecule has 4 aromatic rings. The fourth-order valence-electron chi connectivity index (χ4n) is 2.62. The highest BCUT2D eigenvalue weighted by molar-refractivity contribution is 6.31. The molecule has 0 saturated carbocycles. The number of amides is 1. The smallest absolute Gasteiger partial charge is 0.277 e. The van der Waals surface area contributed by atoms with E-state index in [-0.39, 0.29) is 11.5 Å². The van der Waals surface area contributed by atoms with E-state index in [0.717, 1.165) is 0 Å². The third-order valence-corrected chi connectivity index (χ3v) is 4.27. The largest absolute Gasteiger partial charge is 0.455 e. The number of para-hydroxylation sites is 1. The SMILES string of the molecule is O=C(Nc1cc(Cl)ccc1Oc1ccccc1)c1cc(-c2ccc(F)cc2)on1. The quantitative estimate of drug-likeness (QED) is 0.428. The van der Waals surface area contributed by atoms with E-state index < -0.39 is 5.91 Å². The number of carbonyl (C=O) groups excluding carboxylic acids is 1. The van der Waals surface area contributed by atoms with Gasteiger partial charge in [0.2, 0.25) is 0 Å². The molecule has 144 valence electrons. The van der Waals surface area contributed by atoms with Crippen LogP contribution in [0.25, 0.3) is 11.3 Å². The average molecular weight is 409 g/mol. The number of halogens is 2. The maximum Gasteiger partial charge on any atom is 0.277 e. The molecule has 0 bridgehead atoms. The number of rotatable bonds is 5. The highest BCUT2D eigenvalue weighted by Gasteiger charge is 2.16. The summed E-state index contributed by atoms with van der Waals surface area (Å²) in [6.07, 6.45) is 0. The Bertz CT molecular complexity index is 1140. The van der Waals surface area contributed by atoms with Gasteiger partial charge >= 0.3 is 0 Å². The van der Waals surface area contributed by atoms with Gasteiger partial charge in [-0.3, -0.25) is 4.79 Å². The minimum Gasteiger partial charge on any atom is -0.455 e. The Labute approximate surface area is 170 Å². The van der Waals surface area contributed by atoms with Crippen molar-refractivity contribution in [1.29, 1.82) is 0 Å². The molecule has 0 spiro atoms. The fraction of sp³-hybridized carbons (Fsp3) is 0. The molecule has 3 aromatic carbocycles. The second-order valence-electron chi connectivity index (χ2n) is 6.09. The van der Waals surface area contributed by atoms with Gasteiger partial charge in [-0.1, -0.05) is 35.0 Å². The van der Waals surface area contributed by atoms with Crippen LogP contribution in [0.5, 0.6) is 11.5 Å².